The van der Waals surface area contributed by atoms with Gasteiger partial charge >= 0.3 is 5.97 Å². The number of carboxylic acid groups (broad SMARTS) is 1. The van der Waals surface area contributed by atoms with Gasteiger partial charge in [-0.15, -0.1) is 0 Å². The van der Waals surface area contributed by atoms with Crippen LogP contribution in [0.25, 0.3) is 0 Å². The molecule has 0 saturated heterocycles. The summed E-state index contributed by atoms with van der Waals surface area (Å²) in [5, 5.41) is 14.4. The monoisotopic (exact) mass is 507 g/mol. The lowest BCUT2D eigenvalue weighted by Crippen LogP contribution is -2.42. The van der Waals surface area contributed by atoms with E-state index in [0.29, 0.717) is 0 Å². The van der Waals surface area contributed by atoms with Gasteiger partial charge in [0.25, 0.3) is 11.8 Å². The first kappa shape index (κ1) is 31.3. The van der Waals surface area contributed by atoms with Gasteiger partial charge in [-0.3, -0.25) is 24.1 Å². The molecule has 9 nitrogen and oxygen atoms in total. The van der Waals surface area contributed by atoms with Crippen LogP contribution >= 0.6 is 0 Å². The van der Waals surface area contributed by atoms with Crippen LogP contribution in [0.3, 0.4) is 0 Å². The predicted molar refractivity (Wildman–Crippen MR) is 138 cm³/mol. The SMILES string of the molecule is CCCCCCCCCCCCCCCC(=O)NC(CCC(=O)NCCN1C(=O)C=CC1=O)C(=O)O. The summed E-state index contributed by atoms with van der Waals surface area (Å²) in [6, 6.07) is -1.13. The highest BCUT2D eigenvalue weighted by molar-refractivity contribution is 6.12. The van der Waals surface area contributed by atoms with Gasteiger partial charge in [-0.05, 0) is 12.8 Å². The molecule has 0 radical (unpaired) electrons. The van der Waals surface area contributed by atoms with Crippen molar-refractivity contribution in [2.75, 3.05) is 13.1 Å². The van der Waals surface area contributed by atoms with Crippen LogP contribution in [0.5, 0.6) is 0 Å². The van der Waals surface area contributed by atoms with Crippen LogP contribution in [0.2, 0.25) is 0 Å². The third-order valence-electron chi connectivity index (χ3n) is 6.36. The van der Waals surface area contributed by atoms with Crippen LogP contribution in [-0.4, -0.2) is 58.7 Å². The van der Waals surface area contributed by atoms with Crippen LogP contribution in [0.15, 0.2) is 12.2 Å². The molecule has 0 aliphatic carbocycles. The number of rotatable bonds is 22. The first-order valence-corrected chi connectivity index (χ1v) is 13.7. The number of unbranched alkanes of at least 4 members (excludes halogenated alkanes) is 12. The first-order valence-electron chi connectivity index (χ1n) is 13.7. The van der Waals surface area contributed by atoms with Gasteiger partial charge in [0.2, 0.25) is 11.8 Å². The van der Waals surface area contributed by atoms with Crippen LogP contribution in [0.4, 0.5) is 0 Å². The van der Waals surface area contributed by atoms with Crippen molar-refractivity contribution in [3.63, 3.8) is 0 Å². The summed E-state index contributed by atoms with van der Waals surface area (Å²) < 4.78 is 0. The topological polar surface area (TPSA) is 133 Å². The van der Waals surface area contributed by atoms with Gasteiger partial charge < -0.3 is 15.7 Å². The zero-order valence-electron chi connectivity index (χ0n) is 21.9. The van der Waals surface area contributed by atoms with Gasteiger partial charge in [0.15, 0.2) is 0 Å². The Labute approximate surface area is 215 Å². The Balaban J connectivity index is 2.06. The molecule has 0 fully saturated rings. The van der Waals surface area contributed by atoms with Crippen molar-refractivity contribution >= 4 is 29.6 Å². The number of nitrogens with one attached hydrogen (secondary N) is 2. The fourth-order valence-corrected chi connectivity index (χ4v) is 4.15. The number of nitrogens with zero attached hydrogens (tertiary/aromatic N) is 1. The molecule has 9 heteroatoms. The van der Waals surface area contributed by atoms with Crippen LogP contribution < -0.4 is 10.6 Å². The molecular formula is C27H45N3O6. The van der Waals surface area contributed by atoms with Gasteiger partial charge in [0.05, 0.1) is 0 Å². The molecule has 0 saturated carbocycles. The summed E-state index contributed by atoms with van der Waals surface area (Å²) >= 11 is 0. The molecule has 0 spiro atoms. The van der Waals surface area contributed by atoms with E-state index < -0.39 is 29.7 Å². The van der Waals surface area contributed by atoms with Crippen molar-refractivity contribution in [3.8, 4) is 0 Å². The van der Waals surface area contributed by atoms with E-state index in [1.807, 2.05) is 0 Å². The Hall–Kier alpha value is -2.71. The number of amides is 4. The number of aliphatic carboxylic acids is 1. The Morgan fingerprint density at radius 2 is 1.28 bits per heavy atom. The summed E-state index contributed by atoms with van der Waals surface area (Å²) in [5.74, 6) is -2.75. The summed E-state index contributed by atoms with van der Waals surface area (Å²) in [6.45, 7) is 2.37. The van der Waals surface area contributed by atoms with Crippen molar-refractivity contribution in [2.24, 2.45) is 0 Å². The quantitative estimate of drug-likeness (QED) is 0.151. The summed E-state index contributed by atoms with van der Waals surface area (Å²) in [4.78, 5) is 59.5. The molecule has 204 valence electrons. The Morgan fingerprint density at radius 3 is 1.78 bits per heavy atom. The van der Waals surface area contributed by atoms with Crippen molar-refractivity contribution in [2.45, 2.75) is 116 Å². The molecule has 0 aromatic carbocycles. The minimum Gasteiger partial charge on any atom is -0.480 e. The van der Waals surface area contributed by atoms with E-state index in [9.17, 15) is 29.1 Å². The lowest BCUT2D eigenvalue weighted by Gasteiger charge is -2.16. The molecule has 3 N–H and O–H groups in total. The Bertz CT molecular complexity index is 719. The minimum absolute atomic E-state index is 0.0331. The smallest absolute Gasteiger partial charge is 0.326 e. The number of hydrogen-bond donors (Lipinski definition) is 3. The standard InChI is InChI=1S/C27H45N3O6/c1-2-3-4-5-6-7-8-9-10-11-12-13-14-15-24(32)29-22(27(35)36)16-17-23(31)28-20-21-30-25(33)18-19-26(30)34/h18-19,22H,2-17,20-21H2,1H3,(H,28,31)(H,29,32)(H,35,36). The maximum Gasteiger partial charge on any atom is 0.326 e. The minimum atomic E-state index is -1.18. The second-order valence-electron chi connectivity index (χ2n) is 9.50. The second-order valence-corrected chi connectivity index (χ2v) is 9.50. The molecule has 1 atom stereocenters. The molecular weight excluding hydrogens is 462 g/mol. The van der Waals surface area contributed by atoms with Gasteiger partial charge in [-0.2, -0.15) is 0 Å². The molecule has 1 heterocycles. The van der Waals surface area contributed by atoms with Gasteiger partial charge in [-0.25, -0.2) is 4.79 Å². The number of hydrogen-bond acceptors (Lipinski definition) is 5. The molecule has 4 amide bonds. The third kappa shape index (κ3) is 14.6. The van der Waals surface area contributed by atoms with Crippen LogP contribution in [-0.2, 0) is 24.0 Å². The highest BCUT2D eigenvalue weighted by atomic mass is 16.4. The van der Waals surface area contributed by atoms with E-state index in [0.717, 1.165) is 24.2 Å². The third-order valence-corrected chi connectivity index (χ3v) is 6.36. The highest BCUT2D eigenvalue weighted by Crippen LogP contribution is 2.13. The zero-order valence-corrected chi connectivity index (χ0v) is 21.9. The Morgan fingerprint density at radius 1 is 0.778 bits per heavy atom. The van der Waals surface area contributed by atoms with E-state index in [2.05, 4.69) is 17.6 Å². The zero-order chi connectivity index (χ0) is 26.6. The Kier molecular flexibility index (Phi) is 16.9. The first-order chi connectivity index (χ1) is 17.3. The van der Waals surface area contributed by atoms with E-state index in [1.165, 1.54) is 76.4 Å². The maximum atomic E-state index is 12.1. The normalized spacial score (nSPS) is 13.8. The van der Waals surface area contributed by atoms with Gasteiger partial charge in [0.1, 0.15) is 6.04 Å². The largest absolute Gasteiger partial charge is 0.480 e. The van der Waals surface area contributed by atoms with Crippen molar-refractivity contribution in [3.05, 3.63) is 12.2 Å². The van der Waals surface area contributed by atoms with Gasteiger partial charge in [0, 0.05) is 38.1 Å². The molecule has 36 heavy (non-hydrogen) atoms. The number of carbonyl (C=O) groups excluding carboxylic acids is 4. The summed E-state index contributed by atoms with van der Waals surface area (Å²) in [5.41, 5.74) is 0. The van der Waals surface area contributed by atoms with Crippen molar-refractivity contribution in [1.82, 2.24) is 15.5 Å². The average molecular weight is 508 g/mol. The van der Waals surface area contributed by atoms with E-state index >= 15 is 0 Å². The highest BCUT2D eigenvalue weighted by Gasteiger charge is 2.23. The van der Waals surface area contributed by atoms with E-state index in [4.69, 9.17) is 0 Å². The maximum absolute atomic E-state index is 12.1. The number of carboxylic acids is 1. The lowest BCUT2D eigenvalue weighted by atomic mass is 10.0. The van der Waals surface area contributed by atoms with E-state index in [-0.39, 0.29) is 38.3 Å². The van der Waals surface area contributed by atoms with Crippen LogP contribution in [0, 0.1) is 0 Å². The number of carbonyl (C=O) groups is 5. The fourth-order valence-electron chi connectivity index (χ4n) is 4.15. The predicted octanol–water partition coefficient (Wildman–Crippen LogP) is 3.86. The van der Waals surface area contributed by atoms with Crippen molar-refractivity contribution in [1.29, 1.82) is 0 Å². The molecule has 1 aliphatic heterocycles. The molecule has 1 aliphatic rings. The number of imide groups is 1. The molecule has 0 aromatic heterocycles. The molecule has 1 unspecified atom stereocenters. The second kappa shape index (κ2) is 19.5. The van der Waals surface area contributed by atoms with Gasteiger partial charge in [-0.1, -0.05) is 84.0 Å². The fraction of sp³-hybridized carbons (Fsp3) is 0.741. The molecule has 1 rings (SSSR count). The van der Waals surface area contributed by atoms with Crippen LogP contribution in [0.1, 0.15) is 110 Å². The summed E-state index contributed by atoms with van der Waals surface area (Å²) in [6.07, 6.45) is 18.2. The molecule has 0 bridgehead atoms. The summed E-state index contributed by atoms with van der Waals surface area (Å²) in [7, 11) is 0. The lowest BCUT2D eigenvalue weighted by molar-refractivity contribution is -0.142. The van der Waals surface area contributed by atoms with Crippen molar-refractivity contribution < 1.29 is 29.1 Å². The average Bonchev–Trinajstić information content (AvgIpc) is 3.16. The van der Waals surface area contributed by atoms with E-state index in [1.54, 1.807) is 0 Å². The molecule has 0 aromatic rings.